The molecule has 0 aliphatic heterocycles. The summed E-state index contributed by atoms with van der Waals surface area (Å²) >= 11 is 0. The van der Waals surface area contributed by atoms with Crippen LogP contribution in [-0.4, -0.2) is 27.0 Å². The van der Waals surface area contributed by atoms with Crippen LogP contribution in [0.5, 0.6) is 0 Å². The summed E-state index contributed by atoms with van der Waals surface area (Å²) in [7, 11) is -1.75. The molecule has 0 heterocycles. The predicted octanol–water partition coefficient (Wildman–Crippen LogP) is 5.88. The predicted molar refractivity (Wildman–Crippen MR) is 114 cm³/mol. The average Bonchev–Trinajstić information content (AvgIpc) is 2.90. The molecule has 27 heavy (non-hydrogen) atoms. The van der Waals surface area contributed by atoms with Gasteiger partial charge in [0.2, 0.25) is 0 Å². The van der Waals surface area contributed by atoms with E-state index in [4.69, 9.17) is 4.43 Å². The van der Waals surface area contributed by atoms with Crippen molar-refractivity contribution >= 4 is 20.4 Å². The minimum atomic E-state index is -1.75. The first kappa shape index (κ1) is 22.8. The second-order valence-corrected chi connectivity index (χ2v) is 15.9. The minimum absolute atomic E-state index is 0.101. The number of Topliss-reactive ketones (excluding diaryl/α,β-unsaturated/α-hetero) is 1. The van der Waals surface area contributed by atoms with E-state index in [1.807, 2.05) is 0 Å². The van der Waals surface area contributed by atoms with Gasteiger partial charge in [-0.1, -0.05) is 34.6 Å². The van der Waals surface area contributed by atoms with Gasteiger partial charge in [0.05, 0.1) is 0 Å². The maximum absolute atomic E-state index is 12.3. The highest BCUT2D eigenvalue weighted by Gasteiger charge is 2.55. The van der Waals surface area contributed by atoms with E-state index in [1.54, 1.807) is 6.92 Å². The van der Waals surface area contributed by atoms with Crippen molar-refractivity contribution in [2.75, 3.05) is 6.61 Å². The zero-order valence-electron chi connectivity index (χ0n) is 18.9. The van der Waals surface area contributed by atoms with Gasteiger partial charge in [-0.05, 0) is 80.3 Å². The molecular weight excluding hydrogens is 352 g/mol. The standard InChI is InChI=1S/C23H42O3Si/c1-16(15-24)18-11-13-23(6)20(17(2)25)9-10-21(23)19(18)12-14-26-27(7,8)22(3,4)5/h15-16,18-21H,9-14H2,1-8H3/t16?,18-,19-,20+,21+,23-/m1/s1. The Bertz CT molecular complexity index is 550. The van der Waals surface area contributed by atoms with Gasteiger partial charge in [-0.2, -0.15) is 0 Å². The number of carbonyl (C=O) groups is 2. The van der Waals surface area contributed by atoms with Crippen LogP contribution in [0.15, 0.2) is 0 Å². The molecule has 1 unspecified atom stereocenters. The first-order valence-electron chi connectivity index (χ1n) is 10.9. The van der Waals surface area contributed by atoms with Crippen LogP contribution in [0.4, 0.5) is 0 Å². The lowest BCUT2D eigenvalue weighted by atomic mass is 9.55. The van der Waals surface area contributed by atoms with Gasteiger partial charge in [0.15, 0.2) is 8.32 Å². The quantitative estimate of drug-likeness (QED) is 0.400. The first-order valence-corrected chi connectivity index (χ1v) is 13.9. The van der Waals surface area contributed by atoms with Crippen molar-refractivity contribution in [1.29, 1.82) is 0 Å². The van der Waals surface area contributed by atoms with Crippen LogP contribution in [0.1, 0.15) is 73.6 Å². The molecule has 156 valence electrons. The molecule has 0 saturated heterocycles. The monoisotopic (exact) mass is 394 g/mol. The molecule has 0 amide bonds. The highest BCUT2D eigenvalue weighted by molar-refractivity contribution is 6.74. The van der Waals surface area contributed by atoms with Gasteiger partial charge in [-0.3, -0.25) is 4.79 Å². The van der Waals surface area contributed by atoms with Gasteiger partial charge in [0.1, 0.15) is 12.1 Å². The zero-order valence-corrected chi connectivity index (χ0v) is 19.9. The van der Waals surface area contributed by atoms with Crippen molar-refractivity contribution in [1.82, 2.24) is 0 Å². The molecule has 4 heteroatoms. The van der Waals surface area contributed by atoms with Gasteiger partial charge < -0.3 is 9.22 Å². The molecule has 2 aliphatic carbocycles. The maximum atomic E-state index is 12.3. The number of hydrogen-bond acceptors (Lipinski definition) is 3. The van der Waals surface area contributed by atoms with E-state index in [0.29, 0.717) is 23.5 Å². The normalized spacial score (nSPS) is 35.6. The molecule has 0 aromatic rings. The number of ketones is 1. The second kappa shape index (κ2) is 8.10. The molecule has 0 aromatic heterocycles. The molecule has 0 N–H and O–H groups in total. The van der Waals surface area contributed by atoms with E-state index in [1.165, 1.54) is 0 Å². The van der Waals surface area contributed by atoms with Crippen LogP contribution in [-0.2, 0) is 14.0 Å². The fourth-order valence-electron chi connectivity index (χ4n) is 5.82. The minimum Gasteiger partial charge on any atom is -0.417 e. The number of aldehydes is 1. The summed E-state index contributed by atoms with van der Waals surface area (Å²) < 4.78 is 6.50. The number of carbonyl (C=O) groups excluding carboxylic acids is 2. The Morgan fingerprint density at radius 1 is 1.26 bits per heavy atom. The highest BCUT2D eigenvalue weighted by Crippen LogP contribution is 2.60. The second-order valence-electron chi connectivity index (χ2n) is 11.1. The Kier molecular flexibility index (Phi) is 6.84. The number of rotatable bonds is 7. The molecule has 2 rings (SSSR count). The largest absolute Gasteiger partial charge is 0.417 e. The van der Waals surface area contributed by atoms with E-state index in [9.17, 15) is 9.59 Å². The highest BCUT2D eigenvalue weighted by atomic mass is 28.4. The van der Waals surface area contributed by atoms with Crippen LogP contribution >= 0.6 is 0 Å². The van der Waals surface area contributed by atoms with E-state index < -0.39 is 8.32 Å². The Morgan fingerprint density at radius 3 is 2.41 bits per heavy atom. The molecule has 0 aromatic carbocycles. The fraction of sp³-hybridized carbons (Fsp3) is 0.913. The van der Waals surface area contributed by atoms with Gasteiger partial charge in [0.25, 0.3) is 0 Å². The maximum Gasteiger partial charge on any atom is 0.191 e. The molecule has 3 nitrogen and oxygen atoms in total. The zero-order chi connectivity index (χ0) is 20.6. The summed E-state index contributed by atoms with van der Waals surface area (Å²) in [5.74, 6) is 2.16. The van der Waals surface area contributed by atoms with Crippen molar-refractivity contribution in [2.24, 2.45) is 35.0 Å². The topological polar surface area (TPSA) is 43.4 Å². The van der Waals surface area contributed by atoms with E-state index in [0.717, 1.165) is 45.0 Å². The molecule has 2 aliphatic rings. The summed E-state index contributed by atoms with van der Waals surface area (Å²) in [5.41, 5.74) is 0.118. The Labute approximate surface area is 168 Å². The molecule has 6 atom stereocenters. The van der Waals surface area contributed by atoms with Gasteiger partial charge >= 0.3 is 0 Å². The third-order valence-corrected chi connectivity index (χ3v) is 13.1. The van der Waals surface area contributed by atoms with Gasteiger partial charge in [-0.15, -0.1) is 0 Å². The van der Waals surface area contributed by atoms with Crippen molar-refractivity contribution in [2.45, 2.75) is 91.8 Å². The van der Waals surface area contributed by atoms with Crippen LogP contribution in [0.2, 0.25) is 18.1 Å². The summed E-state index contributed by atoms with van der Waals surface area (Å²) in [5, 5.41) is 0.219. The van der Waals surface area contributed by atoms with Crippen molar-refractivity contribution < 1.29 is 14.0 Å². The molecule has 0 spiro atoms. The van der Waals surface area contributed by atoms with Crippen molar-refractivity contribution in [3.05, 3.63) is 0 Å². The van der Waals surface area contributed by atoms with E-state index in [-0.39, 0.29) is 22.3 Å². The van der Waals surface area contributed by atoms with Crippen molar-refractivity contribution in [3.8, 4) is 0 Å². The van der Waals surface area contributed by atoms with E-state index in [2.05, 4.69) is 47.7 Å². The Balaban J connectivity index is 2.17. The lowest BCUT2D eigenvalue weighted by Gasteiger charge is -2.49. The molecule has 0 bridgehead atoms. The first-order chi connectivity index (χ1) is 12.3. The van der Waals surface area contributed by atoms with E-state index >= 15 is 0 Å². The summed E-state index contributed by atoms with van der Waals surface area (Å²) in [6, 6.07) is 0. The van der Waals surface area contributed by atoms with Crippen molar-refractivity contribution in [3.63, 3.8) is 0 Å². The molecule has 2 fully saturated rings. The van der Waals surface area contributed by atoms with Crippen LogP contribution < -0.4 is 0 Å². The number of hydrogen-bond donors (Lipinski definition) is 0. The van der Waals surface area contributed by atoms with Crippen LogP contribution in [0.25, 0.3) is 0 Å². The lowest BCUT2D eigenvalue weighted by Crippen LogP contribution is -2.46. The SMILES string of the molecule is CC(=O)[C@@H]1CC[C@H]2[C@H](CCO[Si](C)(C)C(C)(C)C)[C@@H](C(C)C=O)CC[C@]12C. The van der Waals surface area contributed by atoms with Crippen LogP contribution in [0, 0.1) is 35.0 Å². The van der Waals surface area contributed by atoms with Gasteiger partial charge in [0, 0.05) is 18.4 Å². The Hall–Kier alpha value is -0.483. The van der Waals surface area contributed by atoms with Crippen LogP contribution in [0.3, 0.4) is 0 Å². The lowest BCUT2D eigenvalue weighted by molar-refractivity contribution is -0.127. The Morgan fingerprint density at radius 2 is 1.89 bits per heavy atom. The summed E-state index contributed by atoms with van der Waals surface area (Å²) in [6.07, 6.45) is 6.49. The summed E-state index contributed by atoms with van der Waals surface area (Å²) in [4.78, 5) is 23.8. The third kappa shape index (κ3) is 4.42. The fourth-order valence-corrected chi connectivity index (χ4v) is 6.88. The number of fused-ring (bicyclic) bond motifs is 1. The molecule has 2 saturated carbocycles. The smallest absolute Gasteiger partial charge is 0.191 e. The average molecular weight is 395 g/mol. The molecule has 0 radical (unpaired) electrons. The molecular formula is C23H42O3Si. The van der Waals surface area contributed by atoms with Gasteiger partial charge in [-0.25, -0.2) is 0 Å². The summed E-state index contributed by atoms with van der Waals surface area (Å²) in [6.45, 7) is 18.5. The third-order valence-electron chi connectivity index (χ3n) is 8.59.